The first-order chi connectivity index (χ1) is 9.13. The summed E-state index contributed by atoms with van der Waals surface area (Å²) in [6.07, 6.45) is 2.73. The monoisotopic (exact) mass is 273 g/mol. The Hall–Kier alpha value is -1.34. The zero-order valence-corrected chi connectivity index (χ0v) is 11.4. The van der Waals surface area contributed by atoms with E-state index in [2.05, 4.69) is 15.5 Å². The van der Waals surface area contributed by atoms with Crippen LogP contribution in [0.5, 0.6) is 0 Å². The van der Waals surface area contributed by atoms with Crippen LogP contribution in [0.2, 0.25) is 0 Å². The molecule has 1 saturated heterocycles. The van der Waals surface area contributed by atoms with E-state index in [1.165, 1.54) is 26.4 Å². The number of carboxylic acid groups (broad SMARTS) is 1. The number of carbonyl (C=O) groups excluding carboxylic acids is 1. The van der Waals surface area contributed by atoms with E-state index in [9.17, 15) is 9.59 Å². The second kappa shape index (κ2) is 8.71. The highest BCUT2D eigenvalue weighted by Gasteiger charge is 2.17. The maximum absolute atomic E-state index is 11.4. The summed E-state index contributed by atoms with van der Waals surface area (Å²) in [6.45, 7) is 3.54. The van der Waals surface area contributed by atoms with Crippen LogP contribution in [0.4, 0.5) is 4.79 Å². The topological polar surface area (TPSA) is 90.9 Å². The number of nitrogens with one attached hydrogen (secondary N) is 2. The lowest BCUT2D eigenvalue weighted by molar-refractivity contribution is -0.147. The molecule has 110 valence electrons. The molecule has 0 radical (unpaired) electrons. The van der Waals surface area contributed by atoms with Crippen LogP contribution in [0, 0.1) is 0 Å². The maximum Gasteiger partial charge on any atom is 0.334 e. The van der Waals surface area contributed by atoms with Gasteiger partial charge in [-0.05, 0) is 25.9 Å². The summed E-state index contributed by atoms with van der Waals surface area (Å²) >= 11 is 0. The highest BCUT2D eigenvalue weighted by atomic mass is 16.5. The van der Waals surface area contributed by atoms with Crippen molar-refractivity contribution in [1.29, 1.82) is 0 Å². The van der Waals surface area contributed by atoms with Crippen LogP contribution in [0.1, 0.15) is 19.3 Å². The van der Waals surface area contributed by atoms with Crippen molar-refractivity contribution in [2.75, 3.05) is 39.8 Å². The molecule has 1 atom stereocenters. The summed E-state index contributed by atoms with van der Waals surface area (Å²) in [5.41, 5.74) is 0. The van der Waals surface area contributed by atoms with Crippen LogP contribution < -0.4 is 10.6 Å². The summed E-state index contributed by atoms with van der Waals surface area (Å²) in [5, 5.41) is 13.9. The van der Waals surface area contributed by atoms with Crippen molar-refractivity contribution in [1.82, 2.24) is 15.5 Å². The van der Waals surface area contributed by atoms with Crippen molar-refractivity contribution in [2.24, 2.45) is 0 Å². The van der Waals surface area contributed by atoms with Gasteiger partial charge in [-0.25, -0.2) is 9.59 Å². The number of carbonyl (C=O) groups is 2. The molecule has 1 fully saturated rings. The van der Waals surface area contributed by atoms with Gasteiger partial charge in [0.1, 0.15) is 0 Å². The normalized spacial score (nSPS) is 17.7. The third-order valence-electron chi connectivity index (χ3n) is 3.17. The zero-order chi connectivity index (χ0) is 14.1. The highest BCUT2D eigenvalue weighted by Crippen LogP contribution is 2.07. The highest BCUT2D eigenvalue weighted by molar-refractivity contribution is 5.76. The van der Waals surface area contributed by atoms with Gasteiger partial charge in [-0.3, -0.25) is 0 Å². The number of methoxy groups -OCH3 is 1. The quantitative estimate of drug-likeness (QED) is 0.601. The number of rotatable bonds is 7. The van der Waals surface area contributed by atoms with Crippen molar-refractivity contribution in [3.05, 3.63) is 0 Å². The minimum atomic E-state index is -1.09. The Morgan fingerprint density at radius 1 is 1.26 bits per heavy atom. The molecular weight excluding hydrogens is 250 g/mol. The van der Waals surface area contributed by atoms with E-state index < -0.39 is 12.1 Å². The number of aliphatic carboxylic acids is 1. The predicted molar refractivity (Wildman–Crippen MR) is 70.1 cm³/mol. The summed E-state index contributed by atoms with van der Waals surface area (Å²) in [6, 6.07) is -0.361. The van der Waals surface area contributed by atoms with Gasteiger partial charge >= 0.3 is 12.0 Å². The van der Waals surface area contributed by atoms with E-state index >= 15 is 0 Å². The molecule has 0 aromatic carbocycles. The lowest BCUT2D eigenvalue weighted by Crippen LogP contribution is -2.45. The van der Waals surface area contributed by atoms with E-state index in [-0.39, 0.29) is 12.6 Å². The summed E-state index contributed by atoms with van der Waals surface area (Å²) in [5.74, 6) is -1.09. The molecule has 1 aliphatic heterocycles. The van der Waals surface area contributed by atoms with Crippen LogP contribution in [-0.2, 0) is 9.53 Å². The average Bonchev–Trinajstić information content (AvgIpc) is 2.40. The Kier molecular flexibility index (Phi) is 7.20. The Morgan fingerprint density at radius 2 is 1.95 bits per heavy atom. The van der Waals surface area contributed by atoms with Gasteiger partial charge in [-0.15, -0.1) is 0 Å². The van der Waals surface area contributed by atoms with Gasteiger partial charge in [0.25, 0.3) is 0 Å². The van der Waals surface area contributed by atoms with Gasteiger partial charge in [-0.2, -0.15) is 0 Å². The molecule has 1 unspecified atom stereocenters. The minimum Gasteiger partial charge on any atom is -0.479 e. The van der Waals surface area contributed by atoms with Crippen LogP contribution >= 0.6 is 0 Å². The average molecular weight is 273 g/mol. The molecule has 0 aromatic heterocycles. The molecular formula is C12H23N3O4. The SMILES string of the molecule is COC(CNC(=O)NCCN1CCCCC1)C(=O)O. The Morgan fingerprint density at radius 3 is 2.53 bits per heavy atom. The Balaban J connectivity index is 2.08. The first-order valence-electron chi connectivity index (χ1n) is 6.63. The number of hydrogen-bond acceptors (Lipinski definition) is 4. The lowest BCUT2D eigenvalue weighted by atomic mass is 10.1. The van der Waals surface area contributed by atoms with Crippen LogP contribution in [0.3, 0.4) is 0 Å². The van der Waals surface area contributed by atoms with E-state index in [1.807, 2.05) is 0 Å². The third kappa shape index (κ3) is 6.40. The maximum atomic E-state index is 11.4. The van der Waals surface area contributed by atoms with Gasteiger partial charge < -0.3 is 25.4 Å². The van der Waals surface area contributed by atoms with Gasteiger partial charge in [0.15, 0.2) is 6.10 Å². The van der Waals surface area contributed by atoms with Gasteiger partial charge in [-0.1, -0.05) is 6.42 Å². The Labute approximate surface area is 113 Å². The van der Waals surface area contributed by atoms with Crippen molar-refractivity contribution in [3.63, 3.8) is 0 Å². The fraction of sp³-hybridized carbons (Fsp3) is 0.833. The minimum absolute atomic E-state index is 0.0403. The van der Waals surface area contributed by atoms with Crippen LogP contribution in [-0.4, -0.2) is 67.9 Å². The first kappa shape index (κ1) is 15.7. The van der Waals surface area contributed by atoms with Crippen LogP contribution in [0.15, 0.2) is 0 Å². The molecule has 7 nitrogen and oxygen atoms in total. The van der Waals surface area contributed by atoms with Crippen molar-refractivity contribution < 1.29 is 19.4 Å². The van der Waals surface area contributed by atoms with Crippen molar-refractivity contribution in [3.8, 4) is 0 Å². The predicted octanol–water partition coefficient (Wildman–Crippen LogP) is -0.129. The number of hydrogen-bond donors (Lipinski definition) is 3. The van der Waals surface area contributed by atoms with E-state index in [0.717, 1.165) is 19.6 Å². The number of carboxylic acids is 1. The molecule has 19 heavy (non-hydrogen) atoms. The smallest absolute Gasteiger partial charge is 0.334 e. The number of likely N-dealkylation sites (tertiary alicyclic amines) is 1. The van der Waals surface area contributed by atoms with E-state index in [1.54, 1.807) is 0 Å². The number of ether oxygens (including phenoxy) is 1. The molecule has 0 aliphatic carbocycles. The second-order valence-electron chi connectivity index (χ2n) is 4.60. The molecule has 0 aromatic rings. The summed E-state index contributed by atoms with van der Waals surface area (Å²) < 4.78 is 4.71. The molecule has 3 N–H and O–H groups in total. The van der Waals surface area contributed by atoms with Gasteiger partial charge in [0.2, 0.25) is 0 Å². The molecule has 1 heterocycles. The first-order valence-corrected chi connectivity index (χ1v) is 6.63. The van der Waals surface area contributed by atoms with Gasteiger partial charge in [0, 0.05) is 20.2 Å². The molecule has 2 amide bonds. The number of urea groups is 1. The van der Waals surface area contributed by atoms with Gasteiger partial charge in [0.05, 0.1) is 6.54 Å². The number of nitrogens with zero attached hydrogens (tertiary/aromatic N) is 1. The fourth-order valence-corrected chi connectivity index (χ4v) is 2.03. The largest absolute Gasteiger partial charge is 0.479 e. The zero-order valence-electron chi connectivity index (χ0n) is 11.4. The Bertz CT molecular complexity index is 293. The lowest BCUT2D eigenvalue weighted by Gasteiger charge is -2.26. The van der Waals surface area contributed by atoms with Crippen molar-refractivity contribution in [2.45, 2.75) is 25.4 Å². The molecule has 1 aliphatic rings. The number of piperidine rings is 1. The fourth-order valence-electron chi connectivity index (χ4n) is 2.03. The molecule has 0 saturated carbocycles. The second-order valence-corrected chi connectivity index (χ2v) is 4.60. The molecule has 0 spiro atoms. The summed E-state index contributed by atoms with van der Waals surface area (Å²) in [4.78, 5) is 24.4. The third-order valence-corrected chi connectivity index (χ3v) is 3.17. The van der Waals surface area contributed by atoms with Crippen molar-refractivity contribution >= 4 is 12.0 Å². The number of amides is 2. The molecule has 7 heteroatoms. The molecule has 1 rings (SSSR count). The van der Waals surface area contributed by atoms with E-state index in [4.69, 9.17) is 9.84 Å². The molecule has 0 bridgehead atoms. The summed E-state index contributed by atoms with van der Waals surface area (Å²) in [7, 11) is 1.30. The standard InChI is InChI=1S/C12H23N3O4/c1-19-10(11(16)17)9-14-12(18)13-5-8-15-6-3-2-4-7-15/h10H,2-9H2,1H3,(H,16,17)(H2,13,14,18). The van der Waals surface area contributed by atoms with Crippen LogP contribution in [0.25, 0.3) is 0 Å². The van der Waals surface area contributed by atoms with E-state index in [0.29, 0.717) is 6.54 Å².